The minimum atomic E-state index is -0.856. The zero-order chi connectivity index (χ0) is 21.3. The molecule has 1 aliphatic rings. The molecule has 1 fully saturated rings. The zero-order valence-corrected chi connectivity index (χ0v) is 16.8. The Balaban J connectivity index is 1.87. The summed E-state index contributed by atoms with van der Waals surface area (Å²) in [6.07, 6.45) is 1.49. The summed E-state index contributed by atoms with van der Waals surface area (Å²) < 4.78 is 10.5. The third-order valence-corrected chi connectivity index (χ3v) is 5.35. The van der Waals surface area contributed by atoms with E-state index in [-0.39, 0.29) is 17.9 Å². The number of furan rings is 1. The molecule has 1 amide bonds. The predicted molar refractivity (Wildman–Crippen MR) is 111 cm³/mol. The smallest absolute Gasteiger partial charge is 0.296 e. The third kappa shape index (κ3) is 3.46. The summed E-state index contributed by atoms with van der Waals surface area (Å²) in [7, 11) is 1.53. The Bertz CT molecular complexity index is 1120. The first-order chi connectivity index (χ1) is 14.5. The Hall–Kier alpha value is -3.51. The van der Waals surface area contributed by atoms with E-state index in [0.29, 0.717) is 27.7 Å². The molecule has 0 spiro atoms. The topological polar surface area (TPSA) is 80.0 Å². The van der Waals surface area contributed by atoms with Gasteiger partial charge in [-0.25, -0.2) is 0 Å². The van der Waals surface area contributed by atoms with Crippen LogP contribution < -0.4 is 4.74 Å². The summed E-state index contributed by atoms with van der Waals surface area (Å²) in [5.41, 5.74) is 0.911. The average Bonchev–Trinajstić information content (AvgIpc) is 3.36. The fourth-order valence-electron chi connectivity index (χ4n) is 3.54. The molecule has 2 aromatic carbocycles. The molecule has 0 saturated carbocycles. The molecule has 1 saturated heterocycles. The van der Waals surface area contributed by atoms with Gasteiger partial charge in [-0.05, 0) is 48.0 Å². The summed E-state index contributed by atoms with van der Waals surface area (Å²) in [6, 6.07) is 16.1. The third-order valence-electron chi connectivity index (χ3n) is 5.01. The average molecular weight is 424 g/mol. The van der Waals surface area contributed by atoms with E-state index in [2.05, 4.69) is 0 Å². The maximum absolute atomic E-state index is 13.0. The van der Waals surface area contributed by atoms with E-state index >= 15 is 0 Å². The van der Waals surface area contributed by atoms with Gasteiger partial charge in [0.2, 0.25) is 0 Å². The fraction of sp³-hybridized carbons (Fsp3) is 0.130. The van der Waals surface area contributed by atoms with Crippen LogP contribution in [0.2, 0.25) is 5.02 Å². The Kier molecular flexibility index (Phi) is 5.33. The van der Waals surface area contributed by atoms with Crippen LogP contribution in [-0.2, 0) is 16.1 Å². The van der Waals surface area contributed by atoms with Crippen molar-refractivity contribution in [3.05, 3.63) is 94.4 Å². The molecule has 4 rings (SSSR count). The van der Waals surface area contributed by atoms with E-state index in [9.17, 15) is 14.7 Å². The highest BCUT2D eigenvalue weighted by molar-refractivity contribution is 6.46. The summed E-state index contributed by atoms with van der Waals surface area (Å²) >= 11 is 6.41. The number of benzene rings is 2. The number of aliphatic hydroxyl groups excluding tert-OH is 1. The van der Waals surface area contributed by atoms with Crippen LogP contribution in [-0.4, -0.2) is 28.8 Å². The summed E-state index contributed by atoms with van der Waals surface area (Å²) in [4.78, 5) is 27.2. The number of Topliss-reactive ketones (excluding diaryl/α,β-unsaturated/α-hetero) is 1. The second-order valence-corrected chi connectivity index (χ2v) is 7.16. The molecule has 7 heteroatoms. The van der Waals surface area contributed by atoms with E-state index in [4.69, 9.17) is 20.8 Å². The Morgan fingerprint density at radius 1 is 1.10 bits per heavy atom. The van der Waals surface area contributed by atoms with Gasteiger partial charge in [-0.15, -0.1) is 0 Å². The van der Waals surface area contributed by atoms with E-state index in [0.717, 1.165) is 0 Å². The van der Waals surface area contributed by atoms with Gasteiger partial charge in [-0.2, -0.15) is 0 Å². The second-order valence-electron chi connectivity index (χ2n) is 6.76. The minimum Gasteiger partial charge on any atom is -0.507 e. The van der Waals surface area contributed by atoms with Crippen molar-refractivity contribution in [2.24, 2.45) is 0 Å². The summed E-state index contributed by atoms with van der Waals surface area (Å²) in [5, 5.41) is 11.4. The standard InChI is InChI=1S/C23H18ClNO5/c1-29-15-10-8-14(9-11-15)21(26)19-20(17-6-2-3-7-18(17)24)25(23(28)22(19)27)13-16-5-4-12-30-16/h2-12,20,26H,13H2,1H3/b21-19+. The lowest BCUT2D eigenvalue weighted by atomic mass is 9.95. The van der Waals surface area contributed by atoms with Gasteiger partial charge in [0.15, 0.2) is 0 Å². The van der Waals surface area contributed by atoms with Crippen LogP contribution in [0.4, 0.5) is 0 Å². The number of hydrogen-bond acceptors (Lipinski definition) is 5. The van der Waals surface area contributed by atoms with Gasteiger partial charge in [0.1, 0.15) is 17.3 Å². The maximum atomic E-state index is 13.0. The number of methoxy groups -OCH3 is 1. The molecular formula is C23H18ClNO5. The molecule has 1 N–H and O–H groups in total. The van der Waals surface area contributed by atoms with E-state index in [1.54, 1.807) is 60.7 Å². The first-order valence-electron chi connectivity index (χ1n) is 9.21. The molecule has 0 radical (unpaired) electrons. The van der Waals surface area contributed by atoms with Gasteiger partial charge in [0.25, 0.3) is 11.7 Å². The van der Waals surface area contributed by atoms with Crippen molar-refractivity contribution in [2.75, 3.05) is 7.11 Å². The lowest BCUT2D eigenvalue weighted by Gasteiger charge is -2.25. The SMILES string of the molecule is COc1ccc(/C(O)=C2\C(=O)C(=O)N(Cc3ccco3)C2c2ccccc2Cl)cc1. The van der Waals surface area contributed by atoms with Crippen LogP contribution in [0.1, 0.15) is 22.9 Å². The molecule has 6 nitrogen and oxygen atoms in total. The van der Waals surface area contributed by atoms with Gasteiger partial charge in [0.05, 0.1) is 31.5 Å². The van der Waals surface area contributed by atoms with Crippen molar-refractivity contribution in [2.45, 2.75) is 12.6 Å². The second kappa shape index (κ2) is 8.08. The molecule has 30 heavy (non-hydrogen) atoms. The van der Waals surface area contributed by atoms with E-state index in [1.165, 1.54) is 18.3 Å². The number of halogens is 1. The van der Waals surface area contributed by atoms with Gasteiger partial charge in [-0.3, -0.25) is 9.59 Å². The van der Waals surface area contributed by atoms with Crippen LogP contribution in [0.5, 0.6) is 5.75 Å². The molecule has 1 atom stereocenters. The lowest BCUT2D eigenvalue weighted by Crippen LogP contribution is -2.29. The van der Waals surface area contributed by atoms with Gasteiger partial charge < -0.3 is 19.2 Å². The molecule has 0 bridgehead atoms. The predicted octanol–water partition coefficient (Wildman–Crippen LogP) is 4.56. The van der Waals surface area contributed by atoms with Gasteiger partial charge in [-0.1, -0.05) is 29.8 Å². The summed E-state index contributed by atoms with van der Waals surface area (Å²) in [6.45, 7) is 0.0624. The van der Waals surface area contributed by atoms with Crippen molar-refractivity contribution >= 4 is 29.1 Å². The van der Waals surface area contributed by atoms with Crippen molar-refractivity contribution in [3.8, 4) is 5.75 Å². The number of aliphatic hydroxyl groups is 1. The zero-order valence-electron chi connectivity index (χ0n) is 16.0. The maximum Gasteiger partial charge on any atom is 0.296 e. The van der Waals surface area contributed by atoms with Gasteiger partial charge >= 0.3 is 0 Å². The van der Waals surface area contributed by atoms with Crippen LogP contribution >= 0.6 is 11.6 Å². The van der Waals surface area contributed by atoms with Crippen molar-refractivity contribution in [3.63, 3.8) is 0 Å². The fourth-order valence-corrected chi connectivity index (χ4v) is 3.78. The number of hydrogen-bond donors (Lipinski definition) is 1. The number of carbonyl (C=O) groups is 2. The number of amides is 1. The molecule has 152 valence electrons. The molecule has 1 aliphatic heterocycles. The molecule has 0 aliphatic carbocycles. The van der Waals surface area contributed by atoms with Crippen molar-refractivity contribution in [1.29, 1.82) is 0 Å². The first-order valence-corrected chi connectivity index (χ1v) is 9.58. The van der Waals surface area contributed by atoms with Crippen LogP contribution in [0, 0.1) is 0 Å². The van der Waals surface area contributed by atoms with E-state index in [1.807, 2.05) is 0 Å². The molecular weight excluding hydrogens is 406 g/mol. The van der Waals surface area contributed by atoms with Crippen LogP contribution in [0.25, 0.3) is 5.76 Å². The lowest BCUT2D eigenvalue weighted by molar-refractivity contribution is -0.140. The first kappa shape index (κ1) is 19.8. The number of nitrogens with zero attached hydrogens (tertiary/aromatic N) is 1. The quantitative estimate of drug-likeness (QED) is 0.369. The number of likely N-dealkylation sites (tertiary alicyclic amines) is 1. The van der Waals surface area contributed by atoms with Gasteiger partial charge in [0, 0.05) is 10.6 Å². The summed E-state index contributed by atoms with van der Waals surface area (Å²) in [5.74, 6) is -0.667. The normalized spacial score (nSPS) is 18.1. The monoisotopic (exact) mass is 423 g/mol. The number of ketones is 1. The van der Waals surface area contributed by atoms with Crippen LogP contribution in [0.3, 0.4) is 0 Å². The van der Waals surface area contributed by atoms with Crippen LogP contribution in [0.15, 0.2) is 76.9 Å². The molecule has 1 unspecified atom stereocenters. The van der Waals surface area contributed by atoms with Crippen molar-refractivity contribution < 1.29 is 23.8 Å². The highest BCUT2D eigenvalue weighted by Gasteiger charge is 2.47. The molecule has 2 heterocycles. The Morgan fingerprint density at radius 3 is 2.47 bits per heavy atom. The Morgan fingerprint density at radius 2 is 1.83 bits per heavy atom. The largest absolute Gasteiger partial charge is 0.507 e. The number of carbonyl (C=O) groups excluding carboxylic acids is 2. The highest BCUT2D eigenvalue weighted by Crippen LogP contribution is 2.42. The van der Waals surface area contributed by atoms with E-state index < -0.39 is 17.7 Å². The number of ether oxygens (including phenoxy) is 1. The highest BCUT2D eigenvalue weighted by atomic mass is 35.5. The minimum absolute atomic E-state index is 0.0233. The number of rotatable bonds is 5. The van der Waals surface area contributed by atoms with Crippen molar-refractivity contribution in [1.82, 2.24) is 4.90 Å². The molecule has 3 aromatic rings. The molecule has 1 aromatic heterocycles. The Labute approximate surface area is 177 Å².